The Labute approximate surface area is 93.9 Å². The van der Waals surface area contributed by atoms with Gasteiger partial charge in [-0.15, -0.1) is 11.3 Å². The van der Waals surface area contributed by atoms with Crippen LogP contribution < -0.4 is 5.32 Å². The van der Waals surface area contributed by atoms with Gasteiger partial charge in [-0.3, -0.25) is 4.90 Å². The molecule has 2 N–H and O–H groups in total. The summed E-state index contributed by atoms with van der Waals surface area (Å²) in [6.45, 7) is 5.69. The molecule has 0 amide bonds. The summed E-state index contributed by atoms with van der Waals surface area (Å²) in [7, 11) is 0. The van der Waals surface area contributed by atoms with Crippen LogP contribution in [0.3, 0.4) is 0 Å². The molecule has 0 spiro atoms. The van der Waals surface area contributed by atoms with Gasteiger partial charge in [-0.05, 0) is 13.3 Å². The zero-order valence-electron chi connectivity index (χ0n) is 8.94. The summed E-state index contributed by atoms with van der Waals surface area (Å²) >= 11 is 1.70. The van der Waals surface area contributed by atoms with Crippen LogP contribution in [-0.2, 0) is 6.54 Å². The molecule has 1 unspecified atom stereocenters. The highest BCUT2D eigenvalue weighted by Gasteiger charge is 2.20. The normalized spacial score (nSPS) is 22.1. The molecule has 84 valence electrons. The first-order chi connectivity index (χ1) is 7.28. The van der Waals surface area contributed by atoms with E-state index in [1.54, 1.807) is 11.3 Å². The predicted octanol–water partition coefficient (Wildman–Crippen LogP) is 1.14. The van der Waals surface area contributed by atoms with E-state index in [0.29, 0.717) is 0 Å². The Balaban J connectivity index is 1.87. The van der Waals surface area contributed by atoms with Gasteiger partial charge < -0.3 is 10.4 Å². The number of β-amino-alcohol motifs (C(OH)–C–C–N with tert-alkyl or cyclic N) is 1. The molecule has 0 aromatic carbocycles. The lowest BCUT2D eigenvalue weighted by molar-refractivity contribution is 0.175. The maximum Gasteiger partial charge on any atom is 0.182 e. The molecular formula is C10H17N3OS. The number of hydrogen-bond acceptors (Lipinski definition) is 5. The number of thiazole rings is 1. The van der Waals surface area contributed by atoms with Crippen molar-refractivity contribution in [1.29, 1.82) is 0 Å². The fourth-order valence-electron chi connectivity index (χ4n) is 1.79. The highest BCUT2D eigenvalue weighted by molar-refractivity contribution is 7.15. The first kappa shape index (κ1) is 10.9. The molecule has 0 radical (unpaired) electrons. The fourth-order valence-corrected chi connectivity index (χ4v) is 2.71. The number of hydrogen-bond donors (Lipinski definition) is 2. The summed E-state index contributed by atoms with van der Waals surface area (Å²) < 4.78 is 0. The minimum atomic E-state index is -0.133. The molecule has 1 aliphatic rings. The monoisotopic (exact) mass is 227 g/mol. The lowest BCUT2D eigenvalue weighted by Gasteiger charge is -2.12. The molecule has 1 atom stereocenters. The average Bonchev–Trinajstić information content (AvgIpc) is 2.78. The van der Waals surface area contributed by atoms with Crippen LogP contribution in [0.5, 0.6) is 0 Å². The molecule has 1 aromatic heterocycles. The zero-order valence-corrected chi connectivity index (χ0v) is 9.76. The van der Waals surface area contributed by atoms with Gasteiger partial charge in [-0.2, -0.15) is 0 Å². The summed E-state index contributed by atoms with van der Waals surface area (Å²) in [5, 5.41) is 13.6. The summed E-state index contributed by atoms with van der Waals surface area (Å²) in [4.78, 5) is 7.82. The number of anilines is 1. The Morgan fingerprint density at radius 1 is 1.73 bits per heavy atom. The van der Waals surface area contributed by atoms with E-state index in [0.717, 1.165) is 37.7 Å². The fraction of sp³-hybridized carbons (Fsp3) is 0.700. The second-order valence-corrected chi connectivity index (χ2v) is 4.95. The standard InChI is InChI=1S/C10H17N3OS/c1-2-11-10-12-5-9(15-10)7-13-4-3-8(14)6-13/h5,8,14H,2-4,6-7H2,1H3,(H,11,12). The molecule has 1 aromatic rings. The Kier molecular flexibility index (Phi) is 3.56. The number of nitrogens with zero attached hydrogens (tertiary/aromatic N) is 2. The maximum atomic E-state index is 9.40. The van der Waals surface area contributed by atoms with Crippen LogP contribution in [0, 0.1) is 0 Å². The van der Waals surface area contributed by atoms with Crippen LogP contribution >= 0.6 is 11.3 Å². The number of aromatic nitrogens is 1. The van der Waals surface area contributed by atoms with Crippen LogP contribution in [-0.4, -0.2) is 40.7 Å². The molecule has 0 saturated carbocycles. The average molecular weight is 227 g/mol. The van der Waals surface area contributed by atoms with Crippen LogP contribution in [0.4, 0.5) is 5.13 Å². The van der Waals surface area contributed by atoms with Crippen molar-refractivity contribution in [3.8, 4) is 0 Å². The minimum absolute atomic E-state index is 0.133. The molecule has 0 bridgehead atoms. The summed E-state index contributed by atoms with van der Waals surface area (Å²) in [6, 6.07) is 0. The van der Waals surface area contributed by atoms with Gasteiger partial charge in [0.2, 0.25) is 0 Å². The maximum absolute atomic E-state index is 9.40. The Bertz CT molecular complexity index is 315. The van der Waals surface area contributed by atoms with Gasteiger partial charge in [0.25, 0.3) is 0 Å². The molecular weight excluding hydrogens is 210 g/mol. The van der Waals surface area contributed by atoms with Crippen molar-refractivity contribution >= 4 is 16.5 Å². The molecule has 15 heavy (non-hydrogen) atoms. The largest absolute Gasteiger partial charge is 0.392 e. The lowest BCUT2D eigenvalue weighted by atomic mass is 10.3. The van der Waals surface area contributed by atoms with E-state index in [1.807, 2.05) is 6.20 Å². The summed E-state index contributed by atoms with van der Waals surface area (Å²) in [5.41, 5.74) is 0. The molecule has 1 fully saturated rings. The number of aliphatic hydroxyl groups is 1. The molecule has 2 heterocycles. The van der Waals surface area contributed by atoms with E-state index in [2.05, 4.69) is 22.1 Å². The van der Waals surface area contributed by atoms with Crippen LogP contribution in [0.1, 0.15) is 18.2 Å². The van der Waals surface area contributed by atoms with E-state index in [9.17, 15) is 5.11 Å². The zero-order chi connectivity index (χ0) is 10.7. The molecule has 4 nitrogen and oxygen atoms in total. The first-order valence-electron chi connectivity index (χ1n) is 5.37. The molecule has 1 aliphatic heterocycles. The Hall–Kier alpha value is -0.650. The second-order valence-electron chi connectivity index (χ2n) is 3.84. The topological polar surface area (TPSA) is 48.4 Å². The molecule has 1 saturated heterocycles. The van der Waals surface area contributed by atoms with Gasteiger partial charge >= 0.3 is 0 Å². The van der Waals surface area contributed by atoms with Crippen molar-refractivity contribution in [3.63, 3.8) is 0 Å². The quantitative estimate of drug-likeness (QED) is 0.810. The van der Waals surface area contributed by atoms with Gasteiger partial charge in [0.1, 0.15) is 0 Å². The number of aliphatic hydroxyl groups excluding tert-OH is 1. The van der Waals surface area contributed by atoms with Crippen molar-refractivity contribution in [2.45, 2.75) is 26.0 Å². The van der Waals surface area contributed by atoms with Crippen molar-refractivity contribution in [2.24, 2.45) is 0 Å². The van der Waals surface area contributed by atoms with Crippen molar-refractivity contribution in [2.75, 3.05) is 25.0 Å². The number of nitrogens with one attached hydrogen (secondary N) is 1. The van der Waals surface area contributed by atoms with E-state index in [1.165, 1.54) is 4.88 Å². The first-order valence-corrected chi connectivity index (χ1v) is 6.18. The van der Waals surface area contributed by atoms with Gasteiger partial charge in [0.15, 0.2) is 5.13 Å². The van der Waals surface area contributed by atoms with Crippen LogP contribution in [0.15, 0.2) is 6.20 Å². The molecule has 2 rings (SSSR count). The van der Waals surface area contributed by atoms with Crippen molar-refractivity contribution in [3.05, 3.63) is 11.1 Å². The third-order valence-electron chi connectivity index (χ3n) is 2.51. The van der Waals surface area contributed by atoms with Gasteiger partial charge in [0, 0.05) is 37.3 Å². The van der Waals surface area contributed by atoms with Gasteiger partial charge in [-0.25, -0.2) is 4.98 Å². The number of likely N-dealkylation sites (tertiary alicyclic amines) is 1. The Morgan fingerprint density at radius 3 is 3.27 bits per heavy atom. The predicted molar refractivity (Wildman–Crippen MR) is 62.2 cm³/mol. The van der Waals surface area contributed by atoms with Gasteiger partial charge in [-0.1, -0.05) is 0 Å². The molecule has 0 aliphatic carbocycles. The third-order valence-corrected chi connectivity index (χ3v) is 3.45. The highest BCUT2D eigenvalue weighted by Crippen LogP contribution is 2.21. The van der Waals surface area contributed by atoms with Gasteiger partial charge in [0.05, 0.1) is 6.10 Å². The van der Waals surface area contributed by atoms with Crippen molar-refractivity contribution in [1.82, 2.24) is 9.88 Å². The van der Waals surface area contributed by atoms with Crippen molar-refractivity contribution < 1.29 is 5.11 Å². The van der Waals surface area contributed by atoms with E-state index in [-0.39, 0.29) is 6.10 Å². The smallest absolute Gasteiger partial charge is 0.182 e. The second kappa shape index (κ2) is 4.92. The minimum Gasteiger partial charge on any atom is -0.392 e. The van der Waals surface area contributed by atoms with E-state index < -0.39 is 0 Å². The lowest BCUT2D eigenvalue weighted by Crippen LogP contribution is -2.20. The highest BCUT2D eigenvalue weighted by atomic mass is 32.1. The Morgan fingerprint density at radius 2 is 2.60 bits per heavy atom. The summed E-state index contributed by atoms with van der Waals surface area (Å²) in [6.07, 6.45) is 2.69. The summed E-state index contributed by atoms with van der Waals surface area (Å²) in [5.74, 6) is 0. The SMILES string of the molecule is CCNc1ncc(CN2CCC(O)C2)s1. The molecule has 5 heteroatoms. The van der Waals surface area contributed by atoms with E-state index >= 15 is 0 Å². The van der Waals surface area contributed by atoms with Crippen LogP contribution in [0.25, 0.3) is 0 Å². The van der Waals surface area contributed by atoms with Crippen LogP contribution in [0.2, 0.25) is 0 Å². The van der Waals surface area contributed by atoms with E-state index in [4.69, 9.17) is 0 Å². The third kappa shape index (κ3) is 2.90. The number of rotatable bonds is 4.